The predicted octanol–water partition coefficient (Wildman–Crippen LogP) is 2.63. The number of anilines is 1. The lowest BCUT2D eigenvalue weighted by atomic mass is 10.1. The molecule has 2 aromatic carbocycles. The third-order valence-corrected chi connectivity index (χ3v) is 5.02. The lowest BCUT2D eigenvalue weighted by Gasteiger charge is -2.19. The van der Waals surface area contributed by atoms with Gasteiger partial charge in [-0.2, -0.15) is 5.10 Å². The van der Waals surface area contributed by atoms with Gasteiger partial charge in [0.2, 0.25) is 5.91 Å². The molecule has 3 aromatic rings. The van der Waals surface area contributed by atoms with E-state index in [1.54, 1.807) is 31.3 Å². The van der Waals surface area contributed by atoms with E-state index in [9.17, 15) is 9.59 Å². The molecule has 30 heavy (non-hydrogen) atoms. The van der Waals surface area contributed by atoms with Gasteiger partial charge in [-0.1, -0.05) is 24.3 Å². The van der Waals surface area contributed by atoms with E-state index in [4.69, 9.17) is 9.47 Å². The van der Waals surface area contributed by atoms with Gasteiger partial charge in [-0.05, 0) is 30.3 Å². The Labute approximate surface area is 173 Å². The third kappa shape index (κ3) is 3.84. The molecule has 0 radical (unpaired) electrons. The van der Waals surface area contributed by atoms with Crippen molar-refractivity contribution < 1.29 is 19.1 Å². The Morgan fingerprint density at radius 1 is 1.13 bits per heavy atom. The number of aromatic nitrogens is 2. The second kappa shape index (κ2) is 8.28. The van der Waals surface area contributed by atoms with Gasteiger partial charge >= 0.3 is 0 Å². The maximum atomic E-state index is 12.7. The minimum atomic E-state index is -0.309. The molecule has 1 aromatic heterocycles. The number of benzene rings is 2. The van der Waals surface area contributed by atoms with Crippen LogP contribution in [0.2, 0.25) is 0 Å². The molecule has 1 fully saturated rings. The van der Waals surface area contributed by atoms with Crippen LogP contribution in [0.15, 0.2) is 54.6 Å². The number of hydrogen-bond donors (Lipinski definition) is 2. The number of para-hydroxylation sites is 2. The van der Waals surface area contributed by atoms with E-state index >= 15 is 0 Å². The average molecular weight is 406 g/mol. The lowest BCUT2D eigenvalue weighted by Crippen LogP contribution is -2.37. The molecule has 4 rings (SSSR count). The Hall–Kier alpha value is -3.81. The second-order valence-electron chi connectivity index (χ2n) is 6.95. The minimum Gasteiger partial charge on any atom is -0.497 e. The van der Waals surface area contributed by atoms with E-state index in [-0.39, 0.29) is 24.3 Å². The van der Waals surface area contributed by atoms with Crippen molar-refractivity contribution in [3.63, 3.8) is 0 Å². The highest BCUT2D eigenvalue weighted by Crippen LogP contribution is 2.31. The summed E-state index contributed by atoms with van der Waals surface area (Å²) >= 11 is 0. The number of hydrogen-bond acceptors (Lipinski definition) is 5. The smallest absolute Gasteiger partial charge is 0.269 e. The van der Waals surface area contributed by atoms with E-state index < -0.39 is 0 Å². The third-order valence-electron chi connectivity index (χ3n) is 5.02. The van der Waals surface area contributed by atoms with Gasteiger partial charge in [0.25, 0.3) is 5.91 Å². The molecule has 1 atom stereocenters. The summed E-state index contributed by atoms with van der Waals surface area (Å²) in [5.74, 6) is 0.958. The Bertz CT molecular complexity index is 1080. The standard InChI is InChI=1S/C22H22N4O4/c1-29-16-7-5-6-14(10-16)17-12-18(25-24-17)22(28)23-15-11-21(27)26(13-15)19-8-3-4-9-20(19)30-2/h3-10,12,15H,11,13H2,1-2H3,(H,23,28)(H,24,25)/t15-/m1/s1. The molecular weight excluding hydrogens is 384 g/mol. The fourth-order valence-electron chi connectivity index (χ4n) is 3.52. The first-order valence-corrected chi connectivity index (χ1v) is 9.53. The summed E-state index contributed by atoms with van der Waals surface area (Å²) in [5, 5.41) is 9.90. The van der Waals surface area contributed by atoms with Gasteiger partial charge < -0.3 is 19.7 Å². The average Bonchev–Trinajstić information content (AvgIpc) is 3.41. The van der Waals surface area contributed by atoms with E-state index in [0.29, 0.717) is 35.1 Å². The summed E-state index contributed by atoms with van der Waals surface area (Å²) in [6.45, 7) is 0.377. The highest BCUT2D eigenvalue weighted by Gasteiger charge is 2.33. The molecule has 2 N–H and O–H groups in total. The lowest BCUT2D eigenvalue weighted by molar-refractivity contribution is -0.117. The van der Waals surface area contributed by atoms with Crippen LogP contribution in [0.4, 0.5) is 5.69 Å². The normalized spacial score (nSPS) is 15.9. The first-order chi connectivity index (χ1) is 14.6. The predicted molar refractivity (Wildman–Crippen MR) is 112 cm³/mol. The van der Waals surface area contributed by atoms with Gasteiger partial charge in [0.05, 0.1) is 31.6 Å². The zero-order valence-electron chi connectivity index (χ0n) is 16.7. The number of nitrogens with zero attached hydrogens (tertiary/aromatic N) is 2. The van der Waals surface area contributed by atoms with E-state index in [1.165, 1.54) is 0 Å². The number of nitrogens with one attached hydrogen (secondary N) is 2. The van der Waals surface area contributed by atoms with Gasteiger partial charge in [0.15, 0.2) is 0 Å². The van der Waals surface area contributed by atoms with Crippen molar-refractivity contribution in [2.45, 2.75) is 12.5 Å². The molecule has 0 aliphatic carbocycles. The van der Waals surface area contributed by atoms with Crippen LogP contribution in [0.25, 0.3) is 11.3 Å². The Morgan fingerprint density at radius 2 is 1.97 bits per heavy atom. The molecular formula is C22H22N4O4. The number of H-pyrrole nitrogens is 1. The highest BCUT2D eigenvalue weighted by molar-refractivity contribution is 5.99. The van der Waals surface area contributed by atoms with Crippen LogP contribution in [0.1, 0.15) is 16.9 Å². The second-order valence-corrected chi connectivity index (χ2v) is 6.95. The number of rotatable bonds is 6. The van der Waals surface area contributed by atoms with Crippen molar-refractivity contribution in [3.05, 3.63) is 60.3 Å². The van der Waals surface area contributed by atoms with Crippen LogP contribution in [0.5, 0.6) is 11.5 Å². The molecule has 2 heterocycles. The van der Waals surface area contributed by atoms with Crippen molar-refractivity contribution in [3.8, 4) is 22.8 Å². The summed E-state index contributed by atoms with van der Waals surface area (Å²) in [7, 11) is 3.16. The van der Waals surface area contributed by atoms with Crippen LogP contribution in [0, 0.1) is 0 Å². The summed E-state index contributed by atoms with van der Waals surface area (Å²) in [6, 6.07) is 16.1. The van der Waals surface area contributed by atoms with Crippen molar-refractivity contribution >= 4 is 17.5 Å². The molecule has 0 bridgehead atoms. The van der Waals surface area contributed by atoms with Crippen LogP contribution in [-0.4, -0.2) is 48.8 Å². The molecule has 2 amide bonds. The largest absolute Gasteiger partial charge is 0.497 e. The number of carbonyl (C=O) groups is 2. The topological polar surface area (TPSA) is 96.5 Å². The molecule has 1 aliphatic rings. The van der Waals surface area contributed by atoms with Crippen molar-refractivity contribution in [2.24, 2.45) is 0 Å². The minimum absolute atomic E-state index is 0.0634. The molecule has 1 saturated heterocycles. The number of aromatic amines is 1. The highest BCUT2D eigenvalue weighted by atomic mass is 16.5. The zero-order chi connectivity index (χ0) is 21.1. The van der Waals surface area contributed by atoms with Gasteiger partial charge in [0, 0.05) is 18.5 Å². The Kier molecular flexibility index (Phi) is 5.38. The fraction of sp³-hybridized carbons (Fsp3) is 0.227. The van der Waals surface area contributed by atoms with Crippen molar-refractivity contribution in [2.75, 3.05) is 25.7 Å². The monoisotopic (exact) mass is 406 g/mol. The van der Waals surface area contributed by atoms with Crippen LogP contribution in [-0.2, 0) is 4.79 Å². The van der Waals surface area contributed by atoms with Gasteiger partial charge in [-0.25, -0.2) is 0 Å². The molecule has 8 nitrogen and oxygen atoms in total. The Morgan fingerprint density at radius 3 is 2.77 bits per heavy atom. The van der Waals surface area contributed by atoms with Crippen molar-refractivity contribution in [1.82, 2.24) is 15.5 Å². The first kappa shape index (κ1) is 19.5. The van der Waals surface area contributed by atoms with Gasteiger partial charge in [-0.15, -0.1) is 0 Å². The van der Waals surface area contributed by atoms with Gasteiger partial charge in [-0.3, -0.25) is 14.7 Å². The number of ether oxygens (including phenoxy) is 2. The molecule has 0 spiro atoms. The number of carbonyl (C=O) groups excluding carboxylic acids is 2. The fourth-order valence-corrected chi connectivity index (χ4v) is 3.52. The Balaban J connectivity index is 1.45. The van der Waals surface area contributed by atoms with Crippen LogP contribution < -0.4 is 19.7 Å². The van der Waals surface area contributed by atoms with E-state index in [2.05, 4.69) is 15.5 Å². The number of methoxy groups -OCH3 is 2. The van der Waals surface area contributed by atoms with Crippen LogP contribution >= 0.6 is 0 Å². The quantitative estimate of drug-likeness (QED) is 0.656. The van der Waals surface area contributed by atoms with Crippen LogP contribution in [0.3, 0.4) is 0 Å². The van der Waals surface area contributed by atoms with E-state index in [1.807, 2.05) is 42.5 Å². The summed E-state index contributed by atoms with van der Waals surface area (Å²) in [5.41, 5.74) is 2.50. The SMILES string of the molecule is COc1cccc(-c2cc(C(=O)N[C@@H]3CC(=O)N(c4ccccc4OC)C3)[nH]n2)c1. The summed E-state index contributed by atoms with van der Waals surface area (Å²) < 4.78 is 10.6. The molecule has 8 heteroatoms. The number of amides is 2. The zero-order valence-corrected chi connectivity index (χ0v) is 16.7. The maximum Gasteiger partial charge on any atom is 0.269 e. The summed E-state index contributed by atoms with van der Waals surface area (Å²) in [4.78, 5) is 26.8. The summed E-state index contributed by atoms with van der Waals surface area (Å²) in [6.07, 6.45) is 0.223. The maximum absolute atomic E-state index is 12.7. The molecule has 1 aliphatic heterocycles. The molecule has 0 unspecified atom stereocenters. The van der Waals surface area contributed by atoms with E-state index in [0.717, 1.165) is 5.56 Å². The molecule has 0 saturated carbocycles. The van der Waals surface area contributed by atoms with Gasteiger partial charge in [0.1, 0.15) is 17.2 Å². The molecule has 154 valence electrons. The van der Waals surface area contributed by atoms with Crippen molar-refractivity contribution in [1.29, 1.82) is 0 Å². The first-order valence-electron chi connectivity index (χ1n) is 9.53.